The van der Waals surface area contributed by atoms with Crippen LogP contribution in [-0.2, 0) is 13.1 Å². The standard InChI is InChI=1S/C30H23N7/c1-3-9-21(10-4-1)17-36-19-27(32-34-36)25-15-7-13-23-24-14-8-16-26(30(24)31-29(23)25)28-20-37(35-33-28)18-22-11-5-2-6-12-22/h1-16,19-20,31H,17-18H2. The zero-order valence-electron chi connectivity index (χ0n) is 20.0. The molecular weight excluding hydrogens is 458 g/mol. The van der Waals surface area contributed by atoms with Gasteiger partial charge < -0.3 is 4.98 Å². The number of hydrogen-bond donors (Lipinski definition) is 1. The number of aromatic amines is 1. The SMILES string of the molecule is c1ccc(Cn2cc(-c3cccc4c3[nH]c3c(-c5cn(Cc6ccccc6)nn5)cccc34)nn2)cc1. The van der Waals surface area contributed by atoms with Crippen molar-refractivity contribution in [3.05, 3.63) is 121 Å². The summed E-state index contributed by atoms with van der Waals surface area (Å²) in [6.45, 7) is 1.36. The number of rotatable bonds is 6. The zero-order chi connectivity index (χ0) is 24.6. The van der Waals surface area contributed by atoms with Crippen LogP contribution in [0.2, 0.25) is 0 Å². The Morgan fingerprint density at radius 1 is 0.514 bits per heavy atom. The highest BCUT2D eigenvalue weighted by atomic mass is 15.4. The third-order valence-electron chi connectivity index (χ3n) is 6.67. The van der Waals surface area contributed by atoms with Gasteiger partial charge in [-0.25, -0.2) is 9.36 Å². The lowest BCUT2D eigenvalue weighted by molar-refractivity contribution is 0.650. The van der Waals surface area contributed by atoms with Crippen LogP contribution in [0, 0.1) is 0 Å². The van der Waals surface area contributed by atoms with Gasteiger partial charge in [0.05, 0.1) is 36.5 Å². The number of fused-ring (bicyclic) bond motifs is 3. The first-order valence-electron chi connectivity index (χ1n) is 12.2. The van der Waals surface area contributed by atoms with Crippen LogP contribution in [0.5, 0.6) is 0 Å². The molecule has 178 valence electrons. The first-order valence-corrected chi connectivity index (χ1v) is 12.2. The molecule has 0 radical (unpaired) electrons. The Bertz CT molecular complexity index is 1690. The van der Waals surface area contributed by atoms with E-state index in [0.717, 1.165) is 44.3 Å². The van der Waals surface area contributed by atoms with Crippen LogP contribution >= 0.6 is 0 Å². The summed E-state index contributed by atoms with van der Waals surface area (Å²) < 4.78 is 3.76. The molecule has 37 heavy (non-hydrogen) atoms. The maximum Gasteiger partial charge on any atom is 0.115 e. The van der Waals surface area contributed by atoms with Crippen molar-refractivity contribution in [3.8, 4) is 22.5 Å². The van der Waals surface area contributed by atoms with Gasteiger partial charge in [-0.05, 0) is 11.1 Å². The Morgan fingerprint density at radius 2 is 0.973 bits per heavy atom. The molecule has 7 rings (SSSR count). The summed E-state index contributed by atoms with van der Waals surface area (Å²) in [5.41, 5.74) is 8.16. The number of para-hydroxylation sites is 2. The summed E-state index contributed by atoms with van der Waals surface area (Å²) in [5.74, 6) is 0. The van der Waals surface area contributed by atoms with E-state index in [0.29, 0.717) is 13.1 Å². The zero-order valence-corrected chi connectivity index (χ0v) is 20.0. The molecule has 0 spiro atoms. The molecule has 7 nitrogen and oxygen atoms in total. The minimum Gasteiger partial charge on any atom is -0.353 e. The van der Waals surface area contributed by atoms with Gasteiger partial charge in [0.2, 0.25) is 0 Å². The molecule has 7 aromatic rings. The van der Waals surface area contributed by atoms with E-state index < -0.39 is 0 Å². The summed E-state index contributed by atoms with van der Waals surface area (Å²) >= 11 is 0. The molecule has 0 amide bonds. The number of nitrogens with zero attached hydrogens (tertiary/aromatic N) is 6. The van der Waals surface area contributed by atoms with Crippen molar-refractivity contribution in [3.63, 3.8) is 0 Å². The molecule has 3 aromatic heterocycles. The number of benzene rings is 4. The van der Waals surface area contributed by atoms with Crippen molar-refractivity contribution < 1.29 is 0 Å². The summed E-state index contributed by atoms with van der Waals surface area (Å²) in [6.07, 6.45) is 4.01. The van der Waals surface area contributed by atoms with E-state index in [2.05, 4.69) is 86.3 Å². The molecule has 0 aliphatic carbocycles. The normalized spacial score (nSPS) is 11.5. The second-order valence-electron chi connectivity index (χ2n) is 9.16. The van der Waals surface area contributed by atoms with Crippen LogP contribution in [0.25, 0.3) is 44.3 Å². The highest BCUT2D eigenvalue weighted by Crippen LogP contribution is 2.36. The highest BCUT2D eigenvalue weighted by molar-refractivity contribution is 6.14. The quantitative estimate of drug-likeness (QED) is 0.319. The molecule has 7 heteroatoms. The van der Waals surface area contributed by atoms with Crippen molar-refractivity contribution >= 4 is 21.8 Å². The summed E-state index contributed by atoms with van der Waals surface area (Å²) in [5, 5.41) is 20.0. The maximum atomic E-state index is 4.49. The Kier molecular flexibility index (Phi) is 5.10. The van der Waals surface area contributed by atoms with Crippen molar-refractivity contribution in [2.75, 3.05) is 0 Å². The molecular formula is C30H23N7. The second-order valence-corrected chi connectivity index (χ2v) is 9.16. The summed E-state index contributed by atoms with van der Waals surface area (Å²) in [4.78, 5) is 3.68. The third-order valence-corrected chi connectivity index (χ3v) is 6.67. The monoisotopic (exact) mass is 481 g/mol. The van der Waals surface area contributed by atoms with Crippen molar-refractivity contribution in [1.29, 1.82) is 0 Å². The lowest BCUT2D eigenvalue weighted by Gasteiger charge is -2.00. The largest absolute Gasteiger partial charge is 0.353 e. The van der Waals surface area contributed by atoms with Gasteiger partial charge in [0.25, 0.3) is 0 Å². The van der Waals surface area contributed by atoms with E-state index in [1.165, 1.54) is 11.1 Å². The van der Waals surface area contributed by atoms with E-state index in [1.54, 1.807) is 0 Å². The van der Waals surface area contributed by atoms with Crippen molar-refractivity contribution in [2.45, 2.75) is 13.1 Å². The minimum atomic E-state index is 0.680. The second kappa shape index (κ2) is 8.87. The molecule has 0 saturated carbocycles. The van der Waals surface area contributed by atoms with E-state index in [4.69, 9.17) is 0 Å². The molecule has 4 aromatic carbocycles. The van der Waals surface area contributed by atoms with Crippen molar-refractivity contribution in [1.82, 2.24) is 35.0 Å². The Labute approximate surface area is 213 Å². The van der Waals surface area contributed by atoms with Gasteiger partial charge in [-0.15, -0.1) is 10.2 Å². The van der Waals surface area contributed by atoms with Crippen molar-refractivity contribution in [2.24, 2.45) is 0 Å². The first kappa shape index (κ1) is 21.3. The number of nitrogens with one attached hydrogen (secondary N) is 1. The van der Waals surface area contributed by atoms with E-state index >= 15 is 0 Å². The highest BCUT2D eigenvalue weighted by Gasteiger charge is 2.16. The number of H-pyrrole nitrogens is 1. The first-order chi connectivity index (χ1) is 18.3. The average molecular weight is 482 g/mol. The van der Waals surface area contributed by atoms with Gasteiger partial charge in [0.15, 0.2) is 0 Å². The van der Waals surface area contributed by atoms with Gasteiger partial charge in [-0.1, -0.05) is 107 Å². The van der Waals surface area contributed by atoms with Gasteiger partial charge >= 0.3 is 0 Å². The summed E-state index contributed by atoms with van der Waals surface area (Å²) in [6, 6.07) is 33.2. The van der Waals surface area contributed by atoms with Gasteiger partial charge in [-0.2, -0.15) is 0 Å². The summed E-state index contributed by atoms with van der Waals surface area (Å²) in [7, 11) is 0. The molecule has 0 aliphatic rings. The van der Waals surface area contributed by atoms with E-state index in [9.17, 15) is 0 Å². The molecule has 3 heterocycles. The molecule has 0 atom stereocenters. The third kappa shape index (κ3) is 3.96. The Balaban J connectivity index is 1.27. The predicted molar refractivity (Wildman–Crippen MR) is 145 cm³/mol. The van der Waals surface area contributed by atoms with Gasteiger partial charge in [0, 0.05) is 21.9 Å². The van der Waals surface area contributed by atoms with Gasteiger partial charge in [-0.3, -0.25) is 0 Å². The maximum absolute atomic E-state index is 4.49. The van der Waals surface area contributed by atoms with Crippen LogP contribution in [0.3, 0.4) is 0 Å². The molecule has 0 unspecified atom stereocenters. The fourth-order valence-electron chi connectivity index (χ4n) is 4.91. The molecule has 0 aliphatic heterocycles. The molecule has 0 fully saturated rings. The van der Waals surface area contributed by atoms with E-state index in [-0.39, 0.29) is 0 Å². The predicted octanol–water partition coefficient (Wildman–Crippen LogP) is 5.93. The van der Waals surface area contributed by atoms with Crippen LogP contribution < -0.4 is 0 Å². The Morgan fingerprint density at radius 3 is 1.43 bits per heavy atom. The smallest absolute Gasteiger partial charge is 0.115 e. The molecule has 0 saturated heterocycles. The van der Waals surface area contributed by atoms with Crippen LogP contribution in [0.15, 0.2) is 109 Å². The van der Waals surface area contributed by atoms with Crippen LogP contribution in [-0.4, -0.2) is 35.0 Å². The average Bonchev–Trinajstić information content (AvgIpc) is 3.68. The minimum absolute atomic E-state index is 0.680. The molecule has 0 bridgehead atoms. The van der Waals surface area contributed by atoms with Crippen LogP contribution in [0.4, 0.5) is 0 Å². The fraction of sp³-hybridized carbons (Fsp3) is 0.0667. The lowest BCUT2D eigenvalue weighted by Crippen LogP contribution is -1.99. The molecule has 1 N–H and O–H groups in total. The lowest BCUT2D eigenvalue weighted by atomic mass is 10.0. The topological polar surface area (TPSA) is 77.2 Å². The Hall–Kier alpha value is -5.04. The van der Waals surface area contributed by atoms with Crippen LogP contribution in [0.1, 0.15) is 11.1 Å². The van der Waals surface area contributed by atoms with Gasteiger partial charge in [0.1, 0.15) is 11.4 Å². The number of aromatic nitrogens is 7. The number of hydrogen-bond acceptors (Lipinski definition) is 4. The fourth-order valence-corrected chi connectivity index (χ4v) is 4.91. The van der Waals surface area contributed by atoms with E-state index in [1.807, 2.05) is 58.2 Å².